The largest absolute Gasteiger partial charge is 0.330 e. The van der Waals surface area contributed by atoms with Gasteiger partial charge in [-0.05, 0) is 56.5 Å². The fourth-order valence-electron chi connectivity index (χ4n) is 3.19. The Bertz CT molecular complexity index is 698. The minimum Gasteiger partial charge on any atom is -0.330 e. The molecule has 1 fully saturated rings. The van der Waals surface area contributed by atoms with Crippen molar-refractivity contribution in [2.24, 2.45) is 17.6 Å². The van der Waals surface area contributed by atoms with Crippen molar-refractivity contribution in [1.29, 1.82) is 0 Å². The number of hydrogen-bond acceptors (Lipinski definition) is 4. The summed E-state index contributed by atoms with van der Waals surface area (Å²) in [6, 6.07) is 6.22. The number of halogens is 1. The molecule has 6 heteroatoms. The van der Waals surface area contributed by atoms with Gasteiger partial charge in [0.1, 0.15) is 5.82 Å². The summed E-state index contributed by atoms with van der Waals surface area (Å²) in [5.74, 6) is -0.00678. The van der Waals surface area contributed by atoms with E-state index in [0.29, 0.717) is 11.7 Å². The number of amides is 1. The molecule has 2 atom stereocenters. The van der Waals surface area contributed by atoms with Gasteiger partial charge in [0.15, 0.2) is 5.13 Å². The molecule has 0 unspecified atom stereocenters. The number of aromatic nitrogens is 1. The van der Waals surface area contributed by atoms with Crippen LogP contribution in [0.4, 0.5) is 9.52 Å². The lowest BCUT2D eigenvalue weighted by molar-refractivity contribution is -0.120. The van der Waals surface area contributed by atoms with E-state index in [9.17, 15) is 9.18 Å². The zero-order valence-corrected chi connectivity index (χ0v) is 13.8. The van der Waals surface area contributed by atoms with Gasteiger partial charge in [0.25, 0.3) is 0 Å². The Morgan fingerprint density at radius 3 is 2.83 bits per heavy atom. The minimum atomic E-state index is -0.274. The summed E-state index contributed by atoms with van der Waals surface area (Å²) in [4.78, 5) is 17.9. The van der Waals surface area contributed by atoms with Crippen molar-refractivity contribution in [1.82, 2.24) is 4.98 Å². The van der Waals surface area contributed by atoms with Crippen LogP contribution in [0.15, 0.2) is 24.3 Å². The van der Waals surface area contributed by atoms with Gasteiger partial charge >= 0.3 is 0 Å². The molecule has 0 radical (unpaired) electrons. The number of nitrogens with zero attached hydrogens (tertiary/aromatic N) is 1. The third-order valence-corrected chi connectivity index (χ3v) is 5.33. The first-order chi connectivity index (χ1) is 11.1. The number of rotatable bonds is 4. The Hall–Kier alpha value is -1.79. The van der Waals surface area contributed by atoms with Gasteiger partial charge in [-0.3, -0.25) is 4.79 Å². The van der Waals surface area contributed by atoms with Crippen LogP contribution in [0.2, 0.25) is 0 Å². The number of carbonyl (C=O) groups is 1. The molecule has 0 saturated heterocycles. The topological polar surface area (TPSA) is 68.0 Å². The molecule has 4 nitrogen and oxygen atoms in total. The molecule has 1 aromatic carbocycles. The van der Waals surface area contributed by atoms with E-state index in [1.54, 1.807) is 12.1 Å². The molecule has 1 aliphatic rings. The third kappa shape index (κ3) is 3.43. The van der Waals surface area contributed by atoms with Crippen LogP contribution >= 0.6 is 11.3 Å². The molecular formula is C17H20FN3OS. The average molecular weight is 333 g/mol. The smallest absolute Gasteiger partial charge is 0.229 e. The van der Waals surface area contributed by atoms with E-state index in [1.807, 2.05) is 6.92 Å². The Morgan fingerprint density at radius 2 is 2.13 bits per heavy atom. The normalized spacial score (nSPS) is 20.7. The van der Waals surface area contributed by atoms with Crippen molar-refractivity contribution >= 4 is 22.4 Å². The van der Waals surface area contributed by atoms with E-state index in [-0.39, 0.29) is 23.6 Å². The van der Waals surface area contributed by atoms with Crippen LogP contribution in [-0.4, -0.2) is 17.4 Å². The Balaban J connectivity index is 1.76. The van der Waals surface area contributed by atoms with Gasteiger partial charge < -0.3 is 11.1 Å². The van der Waals surface area contributed by atoms with Crippen LogP contribution in [-0.2, 0) is 4.79 Å². The number of benzene rings is 1. The molecule has 2 aromatic rings. The summed E-state index contributed by atoms with van der Waals surface area (Å²) >= 11 is 1.44. The van der Waals surface area contributed by atoms with Gasteiger partial charge in [-0.2, -0.15) is 0 Å². The van der Waals surface area contributed by atoms with Crippen LogP contribution in [0, 0.1) is 24.6 Å². The van der Waals surface area contributed by atoms with Crippen LogP contribution in [0.3, 0.4) is 0 Å². The maximum atomic E-state index is 13.0. The lowest BCUT2D eigenvalue weighted by Gasteiger charge is -2.16. The lowest BCUT2D eigenvalue weighted by atomic mass is 9.95. The third-order valence-electron chi connectivity index (χ3n) is 4.44. The molecule has 23 heavy (non-hydrogen) atoms. The predicted octanol–water partition coefficient (Wildman–Crippen LogP) is 3.57. The maximum Gasteiger partial charge on any atom is 0.229 e. The Morgan fingerprint density at radius 1 is 1.39 bits per heavy atom. The fraction of sp³-hybridized carbons (Fsp3) is 0.412. The van der Waals surface area contributed by atoms with Crippen molar-refractivity contribution in [3.63, 3.8) is 0 Å². The van der Waals surface area contributed by atoms with Crippen molar-refractivity contribution in [3.8, 4) is 11.3 Å². The number of anilines is 1. The highest BCUT2D eigenvalue weighted by atomic mass is 32.1. The molecule has 1 aliphatic carbocycles. The first kappa shape index (κ1) is 16.1. The molecule has 0 aliphatic heterocycles. The van der Waals surface area contributed by atoms with Gasteiger partial charge in [-0.25, -0.2) is 9.37 Å². The highest BCUT2D eigenvalue weighted by Gasteiger charge is 2.32. The molecule has 0 spiro atoms. The van der Waals surface area contributed by atoms with Crippen molar-refractivity contribution < 1.29 is 9.18 Å². The first-order valence-corrected chi connectivity index (χ1v) is 8.64. The van der Waals surface area contributed by atoms with Gasteiger partial charge in [0.05, 0.1) is 5.69 Å². The standard InChI is InChI=1S/C17H20FN3OS/c1-10-15(11-5-7-13(18)8-6-11)20-17(23-10)21-16(22)14-4-2-3-12(14)9-19/h5-8,12,14H,2-4,9,19H2,1H3,(H,20,21,22)/t12-,14-/m1/s1. The Labute approximate surface area is 138 Å². The summed E-state index contributed by atoms with van der Waals surface area (Å²) in [6.07, 6.45) is 2.97. The highest BCUT2D eigenvalue weighted by molar-refractivity contribution is 7.16. The van der Waals surface area contributed by atoms with Gasteiger partial charge in [-0.15, -0.1) is 11.3 Å². The summed E-state index contributed by atoms with van der Waals surface area (Å²) < 4.78 is 13.0. The molecule has 0 bridgehead atoms. The second kappa shape index (κ2) is 6.76. The molecule has 3 rings (SSSR count). The Kier molecular flexibility index (Phi) is 4.73. The molecule has 122 valence electrons. The van der Waals surface area contributed by atoms with E-state index in [4.69, 9.17) is 5.73 Å². The SMILES string of the molecule is Cc1sc(NC(=O)[C@@H]2CCC[C@@H]2CN)nc1-c1ccc(F)cc1. The number of thiazole rings is 1. The quantitative estimate of drug-likeness (QED) is 0.899. The first-order valence-electron chi connectivity index (χ1n) is 7.82. The second-order valence-electron chi connectivity index (χ2n) is 5.95. The van der Waals surface area contributed by atoms with Crippen molar-refractivity contribution in [2.45, 2.75) is 26.2 Å². The highest BCUT2D eigenvalue weighted by Crippen LogP contribution is 2.34. The summed E-state index contributed by atoms with van der Waals surface area (Å²) in [7, 11) is 0. The molecule has 1 heterocycles. The van der Waals surface area contributed by atoms with Crippen LogP contribution < -0.4 is 11.1 Å². The molecule has 1 amide bonds. The number of nitrogens with two attached hydrogens (primary N) is 1. The zero-order chi connectivity index (χ0) is 16.4. The number of nitrogens with one attached hydrogen (secondary N) is 1. The molecule has 1 saturated carbocycles. The number of hydrogen-bond donors (Lipinski definition) is 2. The van der Waals surface area contributed by atoms with Gasteiger partial charge in [0, 0.05) is 16.4 Å². The van der Waals surface area contributed by atoms with E-state index in [2.05, 4.69) is 10.3 Å². The van der Waals surface area contributed by atoms with Crippen LogP contribution in [0.1, 0.15) is 24.1 Å². The zero-order valence-electron chi connectivity index (χ0n) is 13.0. The average Bonchev–Trinajstić information content (AvgIpc) is 3.14. The molecular weight excluding hydrogens is 313 g/mol. The van der Waals surface area contributed by atoms with Crippen LogP contribution in [0.25, 0.3) is 11.3 Å². The predicted molar refractivity (Wildman–Crippen MR) is 90.8 cm³/mol. The van der Waals surface area contributed by atoms with Crippen molar-refractivity contribution in [2.75, 3.05) is 11.9 Å². The second-order valence-corrected chi connectivity index (χ2v) is 7.16. The maximum absolute atomic E-state index is 13.0. The van der Waals surface area contributed by atoms with E-state index in [1.165, 1.54) is 23.5 Å². The van der Waals surface area contributed by atoms with E-state index < -0.39 is 0 Å². The summed E-state index contributed by atoms with van der Waals surface area (Å²) in [5.41, 5.74) is 7.38. The van der Waals surface area contributed by atoms with E-state index in [0.717, 1.165) is 35.4 Å². The number of aryl methyl sites for hydroxylation is 1. The lowest BCUT2D eigenvalue weighted by Crippen LogP contribution is -2.29. The van der Waals surface area contributed by atoms with Crippen LogP contribution in [0.5, 0.6) is 0 Å². The molecule has 1 aromatic heterocycles. The fourth-order valence-corrected chi connectivity index (χ4v) is 4.03. The minimum absolute atomic E-state index is 0.0114. The summed E-state index contributed by atoms with van der Waals surface area (Å²) in [6.45, 7) is 2.50. The monoisotopic (exact) mass is 333 g/mol. The van der Waals surface area contributed by atoms with Crippen molar-refractivity contribution in [3.05, 3.63) is 35.0 Å². The van der Waals surface area contributed by atoms with Gasteiger partial charge in [0.2, 0.25) is 5.91 Å². The summed E-state index contributed by atoms with van der Waals surface area (Å²) in [5, 5.41) is 3.52. The van der Waals surface area contributed by atoms with Gasteiger partial charge in [-0.1, -0.05) is 6.42 Å². The van der Waals surface area contributed by atoms with E-state index >= 15 is 0 Å². The molecule has 3 N–H and O–H groups in total. The number of carbonyl (C=O) groups excluding carboxylic acids is 1.